The van der Waals surface area contributed by atoms with Gasteiger partial charge >= 0.3 is 0 Å². The maximum atomic E-state index is 12.9. The maximum Gasteiger partial charge on any atom is 0.258 e. The molecule has 2 aromatic carbocycles. The molecule has 0 saturated carbocycles. The van der Waals surface area contributed by atoms with Gasteiger partial charge in [-0.15, -0.1) is 0 Å². The van der Waals surface area contributed by atoms with Crippen molar-refractivity contribution in [2.75, 3.05) is 19.8 Å². The van der Waals surface area contributed by atoms with Crippen LogP contribution in [0, 0.1) is 9.39 Å². The van der Waals surface area contributed by atoms with Gasteiger partial charge in [0.05, 0.1) is 6.54 Å². The average molecular weight is 415 g/mol. The average Bonchev–Trinajstić information content (AvgIpc) is 2.51. The van der Waals surface area contributed by atoms with Crippen LogP contribution >= 0.6 is 22.6 Å². The maximum absolute atomic E-state index is 12.9. The Morgan fingerprint density at radius 2 is 1.86 bits per heavy atom. The zero-order valence-corrected chi connectivity index (χ0v) is 13.9. The van der Waals surface area contributed by atoms with Crippen molar-refractivity contribution in [3.05, 3.63) is 57.9 Å². The SMILES string of the molecule is O=C(COc1ccc(I)cc1)NCCOc1cccc(F)c1. The van der Waals surface area contributed by atoms with Crippen molar-refractivity contribution in [1.82, 2.24) is 5.32 Å². The summed E-state index contributed by atoms with van der Waals surface area (Å²) in [5.41, 5.74) is 0. The minimum absolute atomic E-state index is 0.0550. The quantitative estimate of drug-likeness (QED) is 0.559. The van der Waals surface area contributed by atoms with Gasteiger partial charge in [-0.25, -0.2) is 4.39 Å². The predicted molar refractivity (Wildman–Crippen MR) is 89.6 cm³/mol. The summed E-state index contributed by atoms with van der Waals surface area (Å²) in [5.74, 6) is 0.491. The number of rotatable bonds is 7. The lowest BCUT2D eigenvalue weighted by atomic mass is 10.3. The molecule has 2 aromatic rings. The fraction of sp³-hybridized carbons (Fsp3) is 0.188. The van der Waals surface area contributed by atoms with E-state index in [1.54, 1.807) is 12.1 Å². The van der Waals surface area contributed by atoms with E-state index in [2.05, 4.69) is 27.9 Å². The van der Waals surface area contributed by atoms with Crippen LogP contribution in [0.5, 0.6) is 11.5 Å². The number of hydrogen-bond donors (Lipinski definition) is 1. The van der Waals surface area contributed by atoms with E-state index >= 15 is 0 Å². The van der Waals surface area contributed by atoms with Gasteiger partial charge in [0.25, 0.3) is 5.91 Å². The molecule has 0 aromatic heterocycles. The molecule has 116 valence electrons. The summed E-state index contributed by atoms with van der Waals surface area (Å²) in [6.45, 7) is 0.532. The second kappa shape index (κ2) is 8.57. The zero-order chi connectivity index (χ0) is 15.8. The lowest BCUT2D eigenvalue weighted by Crippen LogP contribution is -2.32. The van der Waals surface area contributed by atoms with E-state index in [0.717, 1.165) is 3.57 Å². The molecule has 0 heterocycles. The molecule has 0 radical (unpaired) electrons. The lowest BCUT2D eigenvalue weighted by Gasteiger charge is -2.09. The van der Waals surface area contributed by atoms with Crippen molar-refractivity contribution in [2.24, 2.45) is 0 Å². The number of carbonyl (C=O) groups is 1. The van der Waals surface area contributed by atoms with Gasteiger partial charge < -0.3 is 14.8 Å². The van der Waals surface area contributed by atoms with E-state index in [1.165, 1.54) is 12.1 Å². The molecule has 0 aliphatic heterocycles. The molecular formula is C16H15FINO3. The summed E-state index contributed by atoms with van der Waals surface area (Å²) in [6.07, 6.45) is 0. The second-order valence-electron chi connectivity index (χ2n) is 4.40. The summed E-state index contributed by atoms with van der Waals surface area (Å²) < 4.78 is 24.7. The summed E-state index contributed by atoms with van der Waals surface area (Å²) in [6, 6.07) is 13.3. The number of benzene rings is 2. The third-order valence-corrected chi connectivity index (χ3v) is 3.39. The number of halogens is 2. The molecule has 1 amide bonds. The van der Waals surface area contributed by atoms with Crippen molar-refractivity contribution in [2.45, 2.75) is 0 Å². The smallest absolute Gasteiger partial charge is 0.258 e. The van der Waals surface area contributed by atoms with Gasteiger partial charge in [0.2, 0.25) is 0 Å². The second-order valence-corrected chi connectivity index (χ2v) is 5.64. The molecule has 0 atom stereocenters. The third kappa shape index (κ3) is 5.88. The van der Waals surface area contributed by atoms with Gasteiger partial charge in [-0.3, -0.25) is 4.79 Å². The molecule has 0 unspecified atom stereocenters. The first-order chi connectivity index (χ1) is 10.6. The molecule has 1 N–H and O–H groups in total. The first-order valence-electron chi connectivity index (χ1n) is 6.67. The van der Waals surface area contributed by atoms with E-state index in [4.69, 9.17) is 9.47 Å². The number of nitrogens with one attached hydrogen (secondary N) is 1. The number of carbonyl (C=O) groups excluding carboxylic acids is 1. The van der Waals surface area contributed by atoms with Crippen LogP contribution in [0.2, 0.25) is 0 Å². The minimum atomic E-state index is -0.354. The van der Waals surface area contributed by atoms with E-state index < -0.39 is 0 Å². The first kappa shape index (κ1) is 16.5. The Hall–Kier alpha value is -1.83. The molecule has 4 nitrogen and oxygen atoms in total. The molecule has 0 aliphatic carbocycles. The Kier molecular flexibility index (Phi) is 6.45. The van der Waals surface area contributed by atoms with Gasteiger partial charge in [0.1, 0.15) is 23.9 Å². The minimum Gasteiger partial charge on any atom is -0.492 e. The molecule has 6 heteroatoms. The topological polar surface area (TPSA) is 47.6 Å². The molecule has 0 spiro atoms. The van der Waals surface area contributed by atoms with E-state index in [1.807, 2.05) is 24.3 Å². The molecular weight excluding hydrogens is 400 g/mol. The molecule has 0 fully saturated rings. The fourth-order valence-electron chi connectivity index (χ4n) is 1.65. The highest BCUT2D eigenvalue weighted by molar-refractivity contribution is 14.1. The van der Waals surface area contributed by atoms with Crippen LogP contribution < -0.4 is 14.8 Å². The van der Waals surface area contributed by atoms with E-state index in [0.29, 0.717) is 18.0 Å². The predicted octanol–water partition coefficient (Wildman–Crippen LogP) is 3.00. The Morgan fingerprint density at radius 1 is 1.09 bits per heavy atom. The highest BCUT2D eigenvalue weighted by Gasteiger charge is 2.03. The van der Waals surface area contributed by atoms with Crippen LogP contribution in [0.3, 0.4) is 0 Å². The van der Waals surface area contributed by atoms with Gasteiger partial charge in [0.15, 0.2) is 6.61 Å². The van der Waals surface area contributed by atoms with Crippen LogP contribution in [0.15, 0.2) is 48.5 Å². The summed E-state index contributed by atoms with van der Waals surface area (Å²) >= 11 is 2.20. The van der Waals surface area contributed by atoms with Crippen LogP contribution in [-0.2, 0) is 4.79 Å². The summed E-state index contributed by atoms with van der Waals surface area (Å²) in [5, 5.41) is 2.66. The van der Waals surface area contributed by atoms with Crippen LogP contribution in [-0.4, -0.2) is 25.7 Å². The molecule has 22 heavy (non-hydrogen) atoms. The monoisotopic (exact) mass is 415 g/mol. The third-order valence-electron chi connectivity index (χ3n) is 2.67. The Balaban J connectivity index is 1.62. The Morgan fingerprint density at radius 3 is 2.59 bits per heavy atom. The largest absolute Gasteiger partial charge is 0.492 e. The standard InChI is InChI=1S/C16H15FINO3/c17-12-2-1-3-15(10-12)21-9-8-19-16(20)11-22-14-6-4-13(18)5-7-14/h1-7,10H,8-9,11H2,(H,19,20). The number of ether oxygens (including phenoxy) is 2. The summed E-state index contributed by atoms with van der Waals surface area (Å²) in [4.78, 5) is 11.6. The molecule has 2 rings (SSSR count). The van der Waals surface area contributed by atoms with Crippen molar-refractivity contribution in [3.63, 3.8) is 0 Å². The molecule has 0 bridgehead atoms. The lowest BCUT2D eigenvalue weighted by molar-refractivity contribution is -0.123. The molecule has 0 aliphatic rings. The number of hydrogen-bond acceptors (Lipinski definition) is 3. The zero-order valence-electron chi connectivity index (χ0n) is 11.7. The normalized spacial score (nSPS) is 10.1. The van der Waals surface area contributed by atoms with Gasteiger partial charge in [-0.1, -0.05) is 6.07 Å². The first-order valence-corrected chi connectivity index (χ1v) is 7.75. The van der Waals surface area contributed by atoms with Gasteiger partial charge in [0, 0.05) is 9.64 Å². The van der Waals surface area contributed by atoms with Crippen molar-refractivity contribution in [1.29, 1.82) is 0 Å². The van der Waals surface area contributed by atoms with Crippen LogP contribution in [0.25, 0.3) is 0 Å². The van der Waals surface area contributed by atoms with E-state index in [9.17, 15) is 9.18 Å². The van der Waals surface area contributed by atoms with Gasteiger partial charge in [-0.2, -0.15) is 0 Å². The summed E-state index contributed by atoms with van der Waals surface area (Å²) in [7, 11) is 0. The van der Waals surface area contributed by atoms with Crippen molar-refractivity contribution < 1.29 is 18.7 Å². The molecule has 0 saturated heterocycles. The highest BCUT2D eigenvalue weighted by atomic mass is 127. The van der Waals surface area contributed by atoms with Crippen molar-refractivity contribution in [3.8, 4) is 11.5 Å². The number of amides is 1. The Bertz CT molecular complexity index is 619. The Labute approximate surface area is 141 Å². The fourth-order valence-corrected chi connectivity index (χ4v) is 2.01. The van der Waals surface area contributed by atoms with Gasteiger partial charge in [-0.05, 0) is 59.0 Å². The van der Waals surface area contributed by atoms with Crippen molar-refractivity contribution >= 4 is 28.5 Å². The van der Waals surface area contributed by atoms with E-state index in [-0.39, 0.29) is 24.9 Å². The highest BCUT2D eigenvalue weighted by Crippen LogP contribution is 2.13. The van der Waals surface area contributed by atoms with Crippen LogP contribution in [0.1, 0.15) is 0 Å². The van der Waals surface area contributed by atoms with Crippen LogP contribution in [0.4, 0.5) is 4.39 Å².